The Morgan fingerprint density at radius 1 is 1.20 bits per heavy atom. The van der Waals surface area contributed by atoms with Crippen LogP contribution in [0.4, 0.5) is 0 Å². The Bertz CT molecular complexity index is 79.3. The van der Waals surface area contributed by atoms with E-state index in [1.807, 2.05) is 0 Å². The Balaban J connectivity index is 3.58. The van der Waals surface area contributed by atoms with Gasteiger partial charge in [-0.15, -0.1) is 0 Å². The summed E-state index contributed by atoms with van der Waals surface area (Å²) >= 11 is 0. The summed E-state index contributed by atoms with van der Waals surface area (Å²) in [7, 11) is 0.948. The molecule has 1 nitrogen and oxygen atoms in total. The van der Waals surface area contributed by atoms with Gasteiger partial charge in [-0.25, -0.2) is 0 Å². The van der Waals surface area contributed by atoms with Crippen LogP contribution in [0.3, 0.4) is 0 Å². The molecule has 0 atom stereocenters. The molecule has 2 heteroatoms. The van der Waals surface area contributed by atoms with Crippen molar-refractivity contribution in [2.24, 2.45) is 0 Å². The van der Waals surface area contributed by atoms with Crippen LogP contribution < -0.4 is 0 Å². The second-order valence-electron chi connectivity index (χ2n) is 3.26. The van der Waals surface area contributed by atoms with Gasteiger partial charge in [-0.3, -0.25) is 0 Å². The van der Waals surface area contributed by atoms with Crippen molar-refractivity contribution in [2.45, 2.75) is 13.8 Å². The van der Waals surface area contributed by atoms with Crippen LogP contribution in [0.5, 0.6) is 0 Å². The zero-order valence-corrected chi connectivity index (χ0v) is 8.74. The minimum atomic E-state index is -0.843. The molecule has 0 bridgehead atoms. The summed E-state index contributed by atoms with van der Waals surface area (Å²) < 4.78 is 5.08. The molecule has 64 valence electrons. The second-order valence-corrected chi connectivity index (χ2v) is 8.80. The molecular weight excluding hydrogens is 143 g/mol. The van der Waals surface area contributed by atoms with Crippen LogP contribution in [-0.4, -0.2) is 38.9 Å². The monoisotopic (exact) mass is 164 g/mol. The van der Waals surface area contributed by atoms with E-state index in [1.54, 1.807) is 7.11 Å². The molecule has 10 heavy (non-hydrogen) atoms. The Morgan fingerprint density at radius 3 is 2.00 bits per heavy atom. The van der Waals surface area contributed by atoms with Gasteiger partial charge in [-0.2, -0.15) is 0 Å². The molecule has 0 fully saturated rings. The van der Waals surface area contributed by atoms with E-state index in [1.165, 1.54) is 18.5 Å². The predicted molar refractivity (Wildman–Crippen MR) is 52.1 cm³/mol. The molecule has 0 spiro atoms. The van der Waals surface area contributed by atoms with Crippen molar-refractivity contribution in [3.05, 3.63) is 0 Å². The maximum absolute atomic E-state index is 5.08. The van der Waals surface area contributed by atoms with Gasteiger partial charge in [0.2, 0.25) is 0 Å². The summed E-state index contributed by atoms with van der Waals surface area (Å²) in [4.78, 5) is 0. The van der Waals surface area contributed by atoms with E-state index in [0.717, 1.165) is 6.61 Å². The normalized spacial score (nSPS) is 13.6. The molecular formula is C8H21OP. The van der Waals surface area contributed by atoms with Crippen LogP contribution in [0.1, 0.15) is 13.8 Å². The summed E-state index contributed by atoms with van der Waals surface area (Å²) in [6, 6.07) is 0. The summed E-state index contributed by atoms with van der Waals surface area (Å²) in [6.07, 6.45) is 4.12. The van der Waals surface area contributed by atoms with Crippen LogP contribution in [0.2, 0.25) is 0 Å². The minimum absolute atomic E-state index is 0.843. The standard InChI is InChI=1S/C8H21OP/c1-5-10(4,6-2)8-7-9-3/h10H,5-8H2,1-4H3. The number of rotatable bonds is 5. The molecule has 0 aromatic rings. The first-order chi connectivity index (χ1) is 4.68. The Hall–Kier alpha value is 0.390. The molecule has 0 saturated heterocycles. The molecule has 0 N–H and O–H groups in total. The van der Waals surface area contributed by atoms with Crippen LogP contribution in [0, 0.1) is 0 Å². The van der Waals surface area contributed by atoms with Crippen molar-refractivity contribution < 1.29 is 4.74 Å². The third-order valence-corrected chi connectivity index (χ3v) is 7.44. The Kier molecular flexibility index (Phi) is 5.29. The molecule has 0 aliphatic rings. The topological polar surface area (TPSA) is 9.23 Å². The number of hydrogen-bond acceptors (Lipinski definition) is 1. The van der Waals surface area contributed by atoms with Crippen LogP contribution in [-0.2, 0) is 4.74 Å². The quantitative estimate of drug-likeness (QED) is 0.565. The molecule has 0 radical (unpaired) electrons. The van der Waals surface area contributed by atoms with Gasteiger partial charge in [0, 0.05) is 0 Å². The van der Waals surface area contributed by atoms with Crippen molar-refractivity contribution in [1.29, 1.82) is 0 Å². The summed E-state index contributed by atoms with van der Waals surface area (Å²) in [5.74, 6) is 0. The molecule has 0 unspecified atom stereocenters. The zero-order valence-electron chi connectivity index (χ0n) is 7.74. The first-order valence-corrected chi connectivity index (χ1v) is 7.29. The van der Waals surface area contributed by atoms with E-state index in [9.17, 15) is 0 Å². The maximum atomic E-state index is 5.08. The third-order valence-electron chi connectivity index (χ3n) is 2.62. The third kappa shape index (κ3) is 3.53. The first-order valence-electron chi connectivity index (χ1n) is 4.17. The van der Waals surface area contributed by atoms with Gasteiger partial charge >= 0.3 is 64.7 Å². The van der Waals surface area contributed by atoms with Crippen molar-refractivity contribution >= 4 is 7.26 Å². The number of ether oxygens (including phenoxy) is 1. The molecule has 0 aliphatic carbocycles. The number of hydrogen-bond donors (Lipinski definition) is 0. The van der Waals surface area contributed by atoms with Crippen LogP contribution >= 0.6 is 7.26 Å². The fourth-order valence-electron chi connectivity index (χ4n) is 0.952. The van der Waals surface area contributed by atoms with Crippen molar-refractivity contribution in [3.8, 4) is 0 Å². The molecule has 0 rings (SSSR count). The van der Waals surface area contributed by atoms with Gasteiger partial charge in [-0.1, -0.05) is 0 Å². The average molecular weight is 164 g/mol. The van der Waals surface area contributed by atoms with Crippen molar-refractivity contribution in [3.63, 3.8) is 0 Å². The van der Waals surface area contributed by atoms with Crippen LogP contribution in [0.15, 0.2) is 0 Å². The van der Waals surface area contributed by atoms with Gasteiger partial charge in [0.15, 0.2) is 0 Å². The van der Waals surface area contributed by atoms with Gasteiger partial charge in [0.25, 0.3) is 0 Å². The van der Waals surface area contributed by atoms with E-state index >= 15 is 0 Å². The molecule has 0 aromatic heterocycles. The zero-order chi connectivity index (χ0) is 8.04. The molecule has 0 aliphatic heterocycles. The molecule has 0 amide bonds. The van der Waals surface area contributed by atoms with E-state index in [2.05, 4.69) is 20.5 Å². The summed E-state index contributed by atoms with van der Waals surface area (Å²) in [6.45, 7) is 8.05. The second kappa shape index (κ2) is 5.09. The van der Waals surface area contributed by atoms with Gasteiger partial charge < -0.3 is 0 Å². The first kappa shape index (κ1) is 10.4. The van der Waals surface area contributed by atoms with Crippen LogP contribution in [0.25, 0.3) is 0 Å². The van der Waals surface area contributed by atoms with Gasteiger partial charge in [0.05, 0.1) is 0 Å². The summed E-state index contributed by atoms with van der Waals surface area (Å²) in [5.41, 5.74) is 0. The number of methoxy groups -OCH3 is 1. The molecule has 0 heterocycles. The molecule has 0 saturated carbocycles. The van der Waals surface area contributed by atoms with E-state index in [-0.39, 0.29) is 0 Å². The fraction of sp³-hybridized carbons (Fsp3) is 1.00. The van der Waals surface area contributed by atoms with E-state index in [4.69, 9.17) is 4.74 Å². The van der Waals surface area contributed by atoms with E-state index in [0.29, 0.717) is 0 Å². The van der Waals surface area contributed by atoms with Crippen molar-refractivity contribution in [1.82, 2.24) is 0 Å². The molecule has 0 aromatic carbocycles. The summed E-state index contributed by atoms with van der Waals surface area (Å²) in [5, 5.41) is 0. The predicted octanol–water partition coefficient (Wildman–Crippen LogP) is 2.05. The van der Waals surface area contributed by atoms with E-state index < -0.39 is 7.26 Å². The fourth-order valence-corrected chi connectivity index (χ4v) is 2.86. The average Bonchev–Trinajstić information content (AvgIpc) is 2.00. The van der Waals surface area contributed by atoms with Crippen molar-refractivity contribution in [2.75, 3.05) is 38.9 Å². The Morgan fingerprint density at radius 2 is 1.70 bits per heavy atom. The van der Waals surface area contributed by atoms with Gasteiger partial charge in [0.1, 0.15) is 0 Å². The van der Waals surface area contributed by atoms with Gasteiger partial charge in [-0.05, 0) is 0 Å². The SMILES string of the molecule is CC[PH](C)(CC)CCOC. The Labute approximate surface area is 65.5 Å².